The maximum Gasteiger partial charge on any atom is 0.322 e. The summed E-state index contributed by atoms with van der Waals surface area (Å²) in [7, 11) is 1.56. The number of anilines is 1. The Labute approximate surface area is 152 Å². The molecule has 1 N–H and O–H groups in total. The highest BCUT2D eigenvalue weighted by molar-refractivity contribution is 9.10. The molecule has 1 heterocycles. The summed E-state index contributed by atoms with van der Waals surface area (Å²) in [5.41, 5.74) is 0.745. The van der Waals surface area contributed by atoms with Crippen molar-refractivity contribution in [2.24, 2.45) is 0 Å². The summed E-state index contributed by atoms with van der Waals surface area (Å²) in [4.78, 5) is 11.9. The molecule has 0 aliphatic carbocycles. The molecule has 0 aliphatic heterocycles. The van der Waals surface area contributed by atoms with Crippen LogP contribution in [0.5, 0.6) is 11.5 Å². The lowest BCUT2D eigenvalue weighted by atomic mass is 10.2. The summed E-state index contributed by atoms with van der Waals surface area (Å²) >= 11 is 3.37. The van der Waals surface area contributed by atoms with Gasteiger partial charge in [-0.15, -0.1) is 5.10 Å². The number of methoxy groups -OCH3 is 1. The molecule has 0 bridgehead atoms. The molecule has 0 fully saturated rings. The van der Waals surface area contributed by atoms with Gasteiger partial charge in [-0.05, 0) is 30.3 Å². The highest BCUT2D eigenvalue weighted by Gasteiger charge is 2.12. The van der Waals surface area contributed by atoms with E-state index in [9.17, 15) is 4.79 Å². The molecule has 0 aliphatic rings. The number of nitrogens with zero attached hydrogens (tertiary/aromatic N) is 2. The van der Waals surface area contributed by atoms with Gasteiger partial charge < -0.3 is 13.9 Å². The van der Waals surface area contributed by atoms with Crippen LogP contribution in [0, 0.1) is 0 Å². The molecule has 0 saturated carbocycles. The summed E-state index contributed by atoms with van der Waals surface area (Å²) in [6.07, 6.45) is 0. The first-order chi connectivity index (χ1) is 12.1. The molecule has 25 heavy (non-hydrogen) atoms. The summed E-state index contributed by atoms with van der Waals surface area (Å²) < 4.78 is 16.8. The van der Waals surface area contributed by atoms with Crippen LogP contribution in [-0.4, -0.2) is 29.8 Å². The summed E-state index contributed by atoms with van der Waals surface area (Å²) in [6, 6.07) is 14.4. The fourth-order valence-electron chi connectivity index (χ4n) is 2.01. The smallest absolute Gasteiger partial charge is 0.322 e. The van der Waals surface area contributed by atoms with Crippen LogP contribution in [0.3, 0.4) is 0 Å². The van der Waals surface area contributed by atoms with Crippen molar-refractivity contribution in [3.05, 3.63) is 53.0 Å². The van der Waals surface area contributed by atoms with Crippen molar-refractivity contribution >= 4 is 27.9 Å². The van der Waals surface area contributed by atoms with E-state index >= 15 is 0 Å². The molecule has 2 aromatic carbocycles. The molecule has 3 rings (SSSR count). The largest absolute Gasteiger partial charge is 0.497 e. The average molecular weight is 404 g/mol. The molecular weight excluding hydrogens is 390 g/mol. The minimum absolute atomic E-state index is 0.00853. The Morgan fingerprint density at radius 1 is 1.16 bits per heavy atom. The van der Waals surface area contributed by atoms with E-state index in [0.717, 1.165) is 10.0 Å². The van der Waals surface area contributed by atoms with Crippen molar-refractivity contribution in [1.29, 1.82) is 0 Å². The first-order valence-corrected chi connectivity index (χ1v) is 8.09. The van der Waals surface area contributed by atoms with Gasteiger partial charge in [-0.3, -0.25) is 10.1 Å². The SMILES string of the molecule is COc1cccc(OCC(=O)Nc2nnc(-c3cccc(Br)c3)o2)c1. The minimum atomic E-state index is -0.410. The molecule has 0 unspecified atom stereocenters. The highest BCUT2D eigenvalue weighted by atomic mass is 79.9. The van der Waals surface area contributed by atoms with E-state index in [1.807, 2.05) is 24.3 Å². The lowest BCUT2D eigenvalue weighted by Gasteiger charge is -2.06. The summed E-state index contributed by atoms with van der Waals surface area (Å²) in [5, 5.41) is 10.2. The van der Waals surface area contributed by atoms with Gasteiger partial charge in [0.1, 0.15) is 11.5 Å². The van der Waals surface area contributed by atoms with Crippen molar-refractivity contribution in [3.8, 4) is 23.0 Å². The van der Waals surface area contributed by atoms with E-state index in [-0.39, 0.29) is 12.6 Å². The minimum Gasteiger partial charge on any atom is -0.497 e. The van der Waals surface area contributed by atoms with Crippen molar-refractivity contribution in [1.82, 2.24) is 10.2 Å². The highest BCUT2D eigenvalue weighted by Crippen LogP contribution is 2.23. The average Bonchev–Trinajstić information content (AvgIpc) is 3.08. The Kier molecular flexibility index (Phi) is 5.30. The van der Waals surface area contributed by atoms with Crippen molar-refractivity contribution in [2.75, 3.05) is 19.0 Å². The number of carbonyl (C=O) groups excluding carboxylic acids is 1. The first-order valence-electron chi connectivity index (χ1n) is 7.30. The van der Waals surface area contributed by atoms with Crippen LogP contribution in [0.2, 0.25) is 0 Å². The number of benzene rings is 2. The quantitative estimate of drug-likeness (QED) is 0.677. The van der Waals surface area contributed by atoms with Crippen LogP contribution in [0.1, 0.15) is 0 Å². The molecule has 1 aromatic heterocycles. The number of hydrogen-bond donors (Lipinski definition) is 1. The molecule has 0 radical (unpaired) electrons. The number of aromatic nitrogens is 2. The van der Waals surface area contributed by atoms with Crippen LogP contribution in [0.4, 0.5) is 6.01 Å². The van der Waals surface area contributed by atoms with Crippen LogP contribution >= 0.6 is 15.9 Å². The van der Waals surface area contributed by atoms with Gasteiger partial charge in [0.2, 0.25) is 5.89 Å². The number of ether oxygens (including phenoxy) is 2. The van der Waals surface area contributed by atoms with Crippen molar-refractivity contribution < 1.29 is 18.7 Å². The fourth-order valence-corrected chi connectivity index (χ4v) is 2.41. The van der Waals surface area contributed by atoms with Gasteiger partial charge in [-0.2, -0.15) is 0 Å². The summed E-state index contributed by atoms with van der Waals surface area (Å²) in [5.74, 6) is 1.07. The predicted octanol–water partition coefficient (Wildman–Crippen LogP) is 3.53. The van der Waals surface area contributed by atoms with Crippen LogP contribution in [0.25, 0.3) is 11.5 Å². The normalized spacial score (nSPS) is 10.3. The molecule has 0 spiro atoms. The number of nitrogens with one attached hydrogen (secondary N) is 1. The number of halogens is 1. The topological polar surface area (TPSA) is 86.5 Å². The maximum absolute atomic E-state index is 11.9. The Morgan fingerprint density at radius 3 is 2.76 bits per heavy atom. The third kappa shape index (κ3) is 4.57. The third-order valence-electron chi connectivity index (χ3n) is 3.15. The summed E-state index contributed by atoms with van der Waals surface area (Å²) in [6.45, 7) is -0.193. The molecule has 1 amide bonds. The van der Waals surface area contributed by atoms with Gasteiger partial charge in [0.05, 0.1) is 7.11 Å². The van der Waals surface area contributed by atoms with Crippen molar-refractivity contribution in [2.45, 2.75) is 0 Å². The Balaban J connectivity index is 1.58. The van der Waals surface area contributed by atoms with Gasteiger partial charge in [-0.1, -0.05) is 33.2 Å². The zero-order valence-electron chi connectivity index (χ0n) is 13.2. The Bertz CT molecular complexity index is 882. The molecule has 0 atom stereocenters. The van der Waals surface area contributed by atoms with Crippen LogP contribution in [-0.2, 0) is 4.79 Å². The molecule has 8 heteroatoms. The number of hydrogen-bond acceptors (Lipinski definition) is 6. The molecule has 7 nitrogen and oxygen atoms in total. The Hall–Kier alpha value is -2.87. The van der Waals surface area contributed by atoms with E-state index in [4.69, 9.17) is 13.9 Å². The van der Waals surface area contributed by atoms with E-state index in [1.54, 1.807) is 31.4 Å². The third-order valence-corrected chi connectivity index (χ3v) is 3.65. The molecule has 3 aromatic rings. The maximum atomic E-state index is 11.9. The standard InChI is InChI=1S/C17H14BrN3O4/c1-23-13-6-3-7-14(9-13)24-10-15(22)19-17-21-20-16(25-17)11-4-2-5-12(18)8-11/h2-9H,10H2,1H3,(H,19,21,22). The van der Waals surface area contributed by atoms with E-state index < -0.39 is 5.91 Å². The van der Waals surface area contributed by atoms with Crippen LogP contribution < -0.4 is 14.8 Å². The van der Waals surface area contributed by atoms with Crippen LogP contribution in [0.15, 0.2) is 57.4 Å². The Morgan fingerprint density at radius 2 is 1.96 bits per heavy atom. The van der Waals surface area contributed by atoms with Gasteiger partial charge >= 0.3 is 6.01 Å². The number of rotatable bonds is 6. The lowest BCUT2D eigenvalue weighted by Crippen LogP contribution is -2.20. The second-order valence-electron chi connectivity index (χ2n) is 4.94. The van der Waals surface area contributed by atoms with E-state index in [0.29, 0.717) is 17.4 Å². The van der Waals surface area contributed by atoms with E-state index in [1.165, 1.54) is 0 Å². The number of carbonyl (C=O) groups is 1. The van der Waals surface area contributed by atoms with Crippen molar-refractivity contribution in [3.63, 3.8) is 0 Å². The monoisotopic (exact) mass is 403 g/mol. The van der Waals surface area contributed by atoms with Gasteiger partial charge in [0, 0.05) is 16.1 Å². The zero-order valence-corrected chi connectivity index (χ0v) is 14.8. The van der Waals surface area contributed by atoms with Gasteiger partial charge in [-0.25, -0.2) is 0 Å². The number of amides is 1. The van der Waals surface area contributed by atoms with Gasteiger partial charge in [0.25, 0.3) is 5.91 Å². The van der Waals surface area contributed by atoms with E-state index in [2.05, 4.69) is 31.4 Å². The second kappa shape index (κ2) is 7.80. The fraction of sp³-hybridized carbons (Fsp3) is 0.118. The molecule has 128 valence electrons. The molecular formula is C17H14BrN3O4. The second-order valence-corrected chi connectivity index (χ2v) is 5.85. The lowest BCUT2D eigenvalue weighted by molar-refractivity contribution is -0.118. The zero-order chi connectivity index (χ0) is 17.6. The first kappa shape index (κ1) is 17.0. The predicted molar refractivity (Wildman–Crippen MR) is 94.6 cm³/mol. The van der Waals surface area contributed by atoms with Gasteiger partial charge in [0.15, 0.2) is 6.61 Å². The molecule has 0 saturated heterocycles.